The maximum atomic E-state index is 12.2. The van der Waals surface area contributed by atoms with Gasteiger partial charge in [-0.05, 0) is 30.5 Å². The van der Waals surface area contributed by atoms with E-state index in [1.165, 1.54) is 12.3 Å². The summed E-state index contributed by atoms with van der Waals surface area (Å²) >= 11 is 6.25. The van der Waals surface area contributed by atoms with Crippen molar-refractivity contribution in [3.8, 4) is 17.0 Å². The van der Waals surface area contributed by atoms with Crippen molar-refractivity contribution in [1.29, 1.82) is 0 Å². The molecule has 0 aliphatic carbocycles. The second-order valence-corrected chi connectivity index (χ2v) is 6.78. The van der Waals surface area contributed by atoms with Crippen LogP contribution in [0.1, 0.15) is 35.8 Å². The number of carbonyl (C=O) groups is 1. The van der Waals surface area contributed by atoms with Gasteiger partial charge in [-0.3, -0.25) is 4.79 Å². The zero-order valence-electron chi connectivity index (χ0n) is 13.7. The largest absolute Gasteiger partial charge is 0.491 e. The van der Waals surface area contributed by atoms with Gasteiger partial charge in [0.15, 0.2) is 5.43 Å². The Hall–Kier alpha value is -2.27. The number of halogens is 1. The molecule has 126 valence electrons. The smallest absolute Gasteiger partial charge is 0.341 e. The summed E-state index contributed by atoms with van der Waals surface area (Å²) in [5, 5.41) is 9.84. The molecule has 1 unspecified atom stereocenters. The highest BCUT2D eigenvalue weighted by molar-refractivity contribution is 6.31. The molecule has 1 aromatic heterocycles. The number of nitrogens with zero attached hydrogens (tertiary/aromatic N) is 1. The van der Waals surface area contributed by atoms with Gasteiger partial charge >= 0.3 is 5.97 Å². The lowest BCUT2D eigenvalue weighted by molar-refractivity contribution is 0.0694. The number of carboxylic acids is 1. The van der Waals surface area contributed by atoms with Crippen LogP contribution < -0.4 is 10.2 Å². The van der Waals surface area contributed by atoms with E-state index in [0.29, 0.717) is 28.6 Å². The number of hydrogen-bond donors (Lipinski definition) is 1. The summed E-state index contributed by atoms with van der Waals surface area (Å²) in [6.45, 7) is 6.34. The van der Waals surface area contributed by atoms with Gasteiger partial charge < -0.3 is 14.4 Å². The molecule has 24 heavy (non-hydrogen) atoms. The highest BCUT2D eigenvalue weighted by Gasteiger charge is 2.27. The van der Waals surface area contributed by atoms with Crippen LogP contribution in [0.25, 0.3) is 11.3 Å². The number of aromatic nitrogens is 1. The Morgan fingerprint density at radius 3 is 2.71 bits per heavy atom. The highest BCUT2D eigenvalue weighted by atomic mass is 35.5. The Morgan fingerprint density at radius 1 is 1.38 bits per heavy atom. The van der Waals surface area contributed by atoms with E-state index in [1.54, 1.807) is 6.07 Å². The molecular formula is C18H18ClNO4. The average Bonchev–Trinajstić information content (AvgIpc) is 2.64. The van der Waals surface area contributed by atoms with Gasteiger partial charge in [0.1, 0.15) is 17.9 Å². The van der Waals surface area contributed by atoms with Crippen LogP contribution in [0.5, 0.6) is 5.75 Å². The monoisotopic (exact) mass is 347 g/mol. The predicted molar refractivity (Wildman–Crippen MR) is 92.2 cm³/mol. The molecule has 0 amide bonds. The van der Waals surface area contributed by atoms with Gasteiger partial charge in [-0.1, -0.05) is 25.4 Å². The van der Waals surface area contributed by atoms with E-state index >= 15 is 0 Å². The molecule has 3 rings (SSSR count). The first-order valence-electron chi connectivity index (χ1n) is 7.72. The van der Waals surface area contributed by atoms with Crippen LogP contribution in [0.2, 0.25) is 5.02 Å². The molecule has 2 heterocycles. The summed E-state index contributed by atoms with van der Waals surface area (Å²) in [5.41, 5.74) is 1.43. The quantitative estimate of drug-likeness (QED) is 0.898. The lowest BCUT2D eigenvalue weighted by Crippen LogP contribution is -2.25. The number of hydrogen-bond acceptors (Lipinski definition) is 3. The number of aromatic carboxylic acids is 1. The van der Waals surface area contributed by atoms with Gasteiger partial charge in [0.05, 0.1) is 11.7 Å². The fourth-order valence-corrected chi connectivity index (χ4v) is 3.11. The second kappa shape index (κ2) is 5.98. The molecule has 0 fully saturated rings. The summed E-state index contributed by atoms with van der Waals surface area (Å²) in [6.07, 6.45) is 1.41. The molecule has 6 heteroatoms. The van der Waals surface area contributed by atoms with Gasteiger partial charge in [0.25, 0.3) is 0 Å². The van der Waals surface area contributed by atoms with Crippen LogP contribution in [0.3, 0.4) is 0 Å². The van der Waals surface area contributed by atoms with E-state index in [0.717, 1.165) is 5.56 Å². The summed E-state index contributed by atoms with van der Waals surface area (Å²) in [7, 11) is 0. The molecule has 0 spiro atoms. The fourth-order valence-electron chi connectivity index (χ4n) is 2.94. The Balaban J connectivity index is 2.35. The van der Waals surface area contributed by atoms with Gasteiger partial charge in [-0.15, -0.1) is 0 Å². The van der Waals surface area contributed by atoms with Crippen molar-refractivity contribution in [1.82, 2.24) is 4.57 Å². The zero-order valence-corrected chi connectivity index (χ0v) is 14.4. The van der Waals surface area contributed by atoms with Crippen molar-refractivity contribution in [3.63, 3.8) is 0 Å². The zero-order chi connectivity index (χ0) is 17.6. The standard InChI is InChI=1S/C18H18ClNO4/c1-9(2)15-8-24-17-4-10(3)13(19)5-11(17)14-6-16(21)12(18(22)23)7-20(14)15/h4-7,9,15H,8H2,1-3H3,(H,22,23). The van der Waals surface area contributed by atoms with Gasteiger partial charge in [0, 0.05) is 22.8 Å². The van der Waals surface area contributed by atoms with Crippen molar-refractivity contribution in [2.24, 2.45) is 5.92 Å². The Morgan fingerprint density at radius 2 is 2.08 bits per heavy atom. The number of rotatable bonds is 2. The molecule has 1 aromatic carbocycles. The third-order valence-electron chi connectivity index (χ3n) is 4.38. The molecule has 0 radical (unpaired) electrons. The van der Waals surface area contributed by atoms with E-state index in [2.05, 4.69) is 0 Å². The van der Waals surface area contributed by atoms with E-state index in [1.807, 2.05) is 31.4 Å². The van der Waals surface area contributed by atoms with Gasteiger partial charge in [0.2, 0.25) is 0 Å². The normalized spacial score (nSPS) is 16.1. The molecule has 1 aliphatic rings. The van der Waals surface area contributed by atoms with Crippen molar-refractivity contribution in [2.45, 2.75) is 26.8 Å². The second-order valence-electron chi connectivity index (χ2n) is 6.37. The van der Waals surface area contributed by atoms with Gasteiger partial charge in [-0.25, -0.2) is 4.79 Å². The highest BCUT2D eigenvalue weighted by Crippen LogP contribution is 2.39. The van der Waals surface area contributed by atoms with E-state index in [-0.39, 0.29) is 17.5 Å². The SMILES string of the molecule is Cc1cc2c(cc1Cl)-c1cc(=O)c(C(=O)O)cn1C(C(C)C)CO2. The van der Waals surface area contributed by atoms with Crippen LogP contribution in [-0.4, -0.2) is 22.2 Å². The lowest BCUT2D eigenvalue weighted by atomic mass is 10.0. The molecule has 1 N–H and O–H groups in total. The predicted octanol–water partition coefficient (Wildman–Crippen LogP) is 3.76. The molecule has 2 aromatic rings. The number of fused-ring (bicyclic) bond motifs is 3. The van der Waals surface area contributed by atoms with E-state index < -0.39 is 11.4 Å². The first kappa shape index (κ1) is 16.6. The minimum Gasteiger partial charge on any atom is -0.491 e. The number of benzene rings is 1. The van der Waals surface area contributed by atoms with Gasteiger partial charge in [-0.2, -0.15) is 0 Å². The van der Waals surface area contributed by atoms with Crippen molar-refractivity contribution < 1.29 is 14.6 Å². The maximum absolute atomic E-state index is 12.2. The molecule has 5 nitrogen and oxygen atoms in total. The third-order valence-corrected chi connectivity index (χ3v) is 4.79. The summed E-state index contributed by atoms with van der Waals surface area (Å²) in [4.78, 5) is 23.6. The lowest BCUT2D eigenvalue weighted by Gasteiger charge is -2.24. The first-order chi connectivity index (χ1) is 11.3. The van der Waals surface area contributed by atoms with Crippen molar-refractivity contribution >= 4 is 17.6 Å². The van der Waals surface area contributed by atoms with Crippen LogP contribution in [0.4, 0.5) is 0 Å². The Kier molecular flexibility index (Phi) is 4.13. The van der Waals surface area contributed by atoms with Crippen molar-refractivity contribution in [2.75, 3.05) is 6.61 Å². The molecule has 0 saturated carbocycles. The fraction of sp³-hybridized carbons (Fsp3) is 0.333. The number of pyridine rings is 1. The topological polar surface area (TPSA) is 68.5 Å². The molecule has 1 aliphatic heterocycles. The minimum atomic E-state index is -1.23. The average molecular weight is 348 g/mol. The summed E-state index contributed by atoms with van der Waals surface area (Å²) < 4.78 is 7.78. The van der Waals surface area contributed by atoms with Crippen molar-refractivity contribution in [3.05, 3.63) is 50.8 Å². The molecule has 0 bridgehead atoms. The number of carboxylic acid groups (broad SMARTS) is 1. The minimum absolute atomic E-state index is 0.0924. The number of aryl methyl sites for hydroxylation is 1. The summed E-state index contributed by atoms with van der Waals surface area (Å²) in [5.74, 6) is -0.389. The van der Waals surface area contributed by atoms with Crippen LogP contribution >= 0.6 is 11.6 Å². The third kappa shape index (κ3) is 2.69. The Labute approximate surface area is 144 Å². The van der Waals surface area contributed by atoms with E-state index in [4.69, 9.17) is 16.3 Å². The van der Waals surface area contributed by atoms with Crippen LogP contribution in [0.15, 0.2) is 29.2 Å². The first-order valence-corrected chi connectivity index (χ1v) is 8.10. The Bertz CT molecular complexity index is 885. The molecule has 0 saturated heterocycles. The molecular weight excluding hydrogens is 330 g/mol. The summed E-state index contributed by atoms with van der Waals surface area (Å²) in [6, 6.07) is 4.88. The number of ether oxygens (including phenoxy) is 1. The van der Waals surface area contributed by atoms with Crippen LogP contribution in [0, 0.1) is 12.8 Å². The van der Waals surface area contributed by atoms with E-state index in [9.17, 15) is 14.7 Å². The maximum Gasteiger partial charge on any atom is 0.341 e. The molecule has 1 atom stereocenters. The van der Waals surface area contributed by atoms with Crippen LogP contribution in [-0.2, 0) is 0 Å².